The lowest BCUT2D eigenvalue weighted by atomic mass is 10.2. The van der Waals surface area contributed by atoms with Crippen LogP contribution in [-0.4, -0.2) is 43.5 Å². The van der Waals surface area contributed by atoms with Gasteiger partial charge in [0.15, 0.2) is 5.69 Å². The lowest BCUT2D eigenvalue weighted by molar-refractivity contribution is 0.0786. The first kappa shape index (κ1) is 18.2. The third kappa shape index (κ3) is 3.35. The number of hydrogen-bond acceptors (Lipinski definition) is 4. The zero-order valence-electron chi connectivity index (χ0n) is 16.1. The number of carbonyl (C=O) groups excluding carboxylic acids is 1. The summed E-state index contributed by atoms with van der Waals surface area (Å²) in [7, 11) is 0. The van der Waals surface area contributed by atoms with E-state index in [4.69, 9.17) is 0 Å². The molecule has 1 aliphatic heterocycles. The Hall–Kier alpha value is -3.22. The summed E-state index contributed by atoms with van der Waals surface area (Å²) in [5.41, 5.74) is 2.36. The van der Waals surface area contributed by atoms with E-state index >= 15 is 0 Å². The van der Waals surface area contributed by atoms with Gasteiger partial charge < -0.3 is 4.90 Å². The second-order valence-electron chi connectivity index (χ2n) is 7.26. The molecule has 0 bridgehead atoms. The number of carbonyl (C=O) groups is 1. The summed E-state index contributed by atoms with van der Waals surface area (Å²) >= 11 is 0. The topological polar surface area (TPSA) is 73.0 Å². The van der Waals surface area contributed by atoms with Crippen molar-refractivity contribution in [2.75, 3.05) is 13.1 Å². The third-order valence-electron chi connectivity index (χ3n) is 4.90. The normalized spacial score (nSPS) is 14.0. The lowest BCUT2D eigenvalue weighted by Gasteiger charge is -2.12. The van der Waals surface area contributed by atoms with Crippen molar-refractivity contribution < 1.29 is 4.79 Å². The fourth-order valence-corrected chi connectivity index (χ4v) is 3.45. The van der Waals surface area contributed by atoms with Crippen molar-refractivity contribution in [3.05, 3.63) is 64.6 Å². The summed E-state index contributed by atoms with van der Waals surface area (Å²) in [5, 5.41) is 9.11. The Morgan fingerprint density at radius 3 is 2.39 bits per heavy atom. The first-order chi connectivity index (χ1) is 13.5. The SMILES string of the molecule is CC(C)n1nc(-c2cc(C(=O)N3CCCC3)nn2-c2ccccc2)ccc1=O. The van der Waals surface area contributed by atoms with E-state index in [0.717, 1.165) is 31.6 Å². The molecule has 0 radical (unpaired) electrons. The summed E-state index contributed by atoms with van der Waals surface area (Å²) in [4.78, 5) is 26.8. The highest BCUT2D eigenvalue weighted by atomic mass is 16.2. The summed E-state index contributed by atoms with van der Waals surface area (Å²) in [5.74, 6) is -0.0642. The van der Waals surface area contributed by atoms with Gasteiger partial charge >= 0.3 is 0 Å². The Bertz CT molecular complexity index is 1050. The van der Waals surface area contributed by atoms with E-state index in [9.17, 15) is 9.59 Å². The maximum absolute atomic E-state index is 12.9. The van der Waals surface area contributed by atoms with Gasteiger partial charge in [0.1, 0.15) is 5.69 Å². The molecule has 7 nitrogen and oxygen atoms in total. The Morgan fingerprint density at radius 2 is 1.71 bits per heavy atom. The maximum Gasteiger partial charge on any atom is 0.274 e. The van der Waals surface area contributed by atoms with Crippen LogP contribution in [0.3, 0.4) is 0 Å². The van der Waals surface area contributed by atoms with Crippen LogP contribution < -0.4 is 5.56 Å². The van der Waals surface area contributed by atoms with Crippen molar-refractivity contribution in [1.82, 2.24) is 24.5 Å². The van der Waals surface area contributed by atoms with Gasteiger partial charge in [0.05, 0.1) is 17.4 Å². The Kier molecular flexibility index (Phi) is 4.81. The Labute approximate surface area is 163 Å². The Balaban J connectivity index is 1.84. The molecule has 28 heavy (non-hydrogen) atoms. The standard InChI is InChI=1S/C21H23N5O2/c1-15(2)25-20(27)11-10-17(22-25)19-14-18(21(28)24-12-6-7-13-24)23-26(19)16-8-4-3-5-9-16/h3-5,8-11,14-15H,6-7,12-13H2,1-2H3. The van der Waals surface area contributed by atoms with Crippen LogP contribution in [0.2, 0.25) is 0 Å². The number of aromatic nitrogens is 4. The van der Waals surface area contributed by atoms with Crippen LogP contribution in [0.25, 0.3) is 17.1 Å². The van der Waals surface area contributed by atoms with Crippen LogP contribution in [-0.2, 0) is 0 Å². The van der Waals surface area contributed by atoms with Gasteiger partial charge in [-0.25, -0.2) is 9.36 Å². The number of hydrogen-bond donors (Lipinski definition) is 0. The fraction of sp³-hybridized carbons (Fsp3) is 0.333. The van der Waals surface area contributed by atoms with Crippen molar-refractivity contribution in [2.24, 2.45) is 0 Å². The minimum Gasteiger partial charge on any atom is -0.337 e. The highest BCUT2D eigenvalue weighted by Crippen LogP contribution is 2.23. The van der Waals surface area contributed by atoms with E-state index in [1.165, 1.54) is 10.7 Å². The maximum atomic E-state index is 12.9. The van der Waals surface area contributed by atoms with Gasteiger partial charge in [0.2, 0.25) is 0 Å². The lowest BCUT2D eigenvalue weighted by Crippen LogP contribution is -2.28. The molecule has 1 amide bonds. The molecule has 0 atom stereocenters. The van der Waals surface area contributed by atoms with Gasteiger partial charge in [-0.2, -0.15) is 10.2 Å². The molecule has 0 saturated carbocycles. The average Bonchev–Trinajstić information content (AvgIpc) is 3.39. The smallest absolute Gasteiger partial charge is 0.274 e. The van der Waals surface area contributed by atoms with Crippen LogP contribution in [0.1, 0.15) is 43.2 Å². The number of likely N-dealkylation sites (tertiary alicyclic amines) is 1. The minimum atomic E-state index is -0.155. The van der Waals surface area contributed by atoms with Crippen LogP contribution in [0.4, 0.5) is 0 Å². The molecule has 1 aromatic carbocycles. The first-order valence-electron chi connectivity index (χ1n) is 9.59. The first-order valence-corrected chi connectivity index (χ1v) is 9.59. The summed E-state index contributed by atoms with van der Waals surface area (Å²) in [6.45, 7) is 5.36. The quantitative estimate of drug-likeness (QED) is 0.701. The van der Waals surface area contributed by atoms with Gasteiger partial charge in [0, 0.05) is 19.2 Å². The van der Waals surface area contributed by atoms with Crippen LogP contribution in [0.15, 0.2) is 53.3 Å². The zero-order valence-corrected chi connectivity index (χ0v) is 16.1. The minimum absolute atomic E-state index is 0.0637. The van der Waals surface area contributed by atoms with E-state index in [0.29, 0.717) is 17.1 Å². The zero-order chi connectivity index (χ0) is 19.7. The second kappa shape index (κ2) is 7.42. The van der Waals surface area contributed by atoms with Crippen molar-refractivity contribution in [1.29, 1.82) is 0 Å². The predicted octanol–water partition coefficient (Wildman–Crippen LogP) is 2.91. The highest BCUT2D eigenvalue weighted by molar-refractivity contribution is 5.93. The van der Waals surface area contributed by atoms with E-state index < -0.39 is 0 Å². The summed E-state index contributed by atoms with van der Waals surface area (Å²) in [6.07, 6.45) is 2.05. The summed E-state index contributed by atoms with van der Waals surface area (Å²) < 4.78 is 3.17. The molecule has 1 aliphatic rings. The molecule has 144 valence electrons. The predicted molar refractivity (Wildman–Crippen MR) is 107 cm³/mol. The van der Waals surface area contributed by atoms with Crippen LogP contribution in [0.5, 0.6) is 0 Å². The van der Waals surface area contributed by atoms with Crippen LogP contribution >= 0.6 is 0 Å². The largest absolute Gasteiger partial charge is 0.337 e. The number of benzene rings is 1. The average molecular weight is 377 g/mol. The molecule has 0 aliphatic carbocycles. The van der Waals surface area contributed by atoms with Crippen molar-refractivity contribution in [3.63, 3.8) is 0 Å². The van der Waals surface area contributed by atoms with Crippen molar-refractivity contribution in [2.45, 2.75) is 32.7 Å². The van der Waals surface area contributed by atoms with Gasteiger partial charge in [0.25, 0.3) is 11.5 Å². The molecule has 0 N–H and O–H groups in total. The molecule has 0 spiro atoms. The van der Waals surface area contributed by atoms with Gasteiger partial charge in [-0.15, -0.1) is 0 Å². The molecular formula is C21H23N5O2. The fourth-order valence-electron chi connectivity index (χ4n) is 3.45. The number of rotatable bonds is 4. The van der Waals surface area contributed by atoms with E-state index in [1.807, 2.05) is 49.1 Å². The second-order valence-corrected chi connectivity index (χ2v) is 7.26. The molecule has 1 fully saturated rings. The molecule has 3 heterocycles. The molecule has 0 unspecified atom stereocenters. The van der Waals surface area contributed by atoms with Crippen molar-refractivity contribution in [3.8, 4) is 17.1 Å². The van der Waals surface area contributed by atoms with Crippen LogP contribution in [0, 0.1) is 0 Å². The molecule has 2 aromatic heterocycles. The van der Waals surface area contributed by atoms with E-state index in [-0.39, 0.29) is 17.5 Å². The molecule has 3 aromatic rings. The van der Waals surface area contributed by atoms with Gasteiger partial charge in [-0.1, -0.05) is 18.2 Å². The highest BCUT2D eigenvalue weighted by Gasteiger charge is 2.24. The summed E-state index contributed by atoms with van der Waals surface area (Å²) in [6, 6.07) is 14.5. The molecule has 7 heteroatoms. The van der Waals surface area contributed by atoms with Gasteiger partial charge in [-0.3, -0.25) is 9.59 Å². The number of para-hydroxylation sites is 1. The van der Waals surface area contributed by atoms with E-state index in [1.54, 1.807) is 16.8 Å². The Morgan fingerprint density at radius 1 is 1.00 bits per heavy atom. The van der Waals surface area contributed by atoms with Gasteiger partial charge in [-0.05, 0) is 51.0 Å². The monoisotopic (exact) mass is 377 g/mol. The third-order valence-corrected chi connectivity index (χ3v) is 4.90. The molecule has 1 saturated heterocycles. The molecular weight excluding hydrogens is 354 g/mol. The van der Waals surface area contributed by atoms with Crippen molar-refractivity contribution >= 4 is 5.91 Å². The molecule has 4 rings (SSSR count). The van der Waals surface area contributed by atoms with E-state index in [2.05, 4.69) is 10.2 Å². The number of amides is 1. The number of nitrogens with zero attached hydrogens (tertiary/aromatic N) is 5.